The van der Waals surface area contributed by atoms with Gasteiger partial charge >= 0.3 is 0 Å². The molecule has 0 radical (unpaired) electrons. The third-order valence-corrected chi connectivity index (χ3v) is 3.44. The van der Waals surface area contributed by atoms with E-state index in [9.17, 15) is 9.90 Å². The fraction of sp³-hybridized carbons (Fsp3) is 0.118. The highest BCUT2D eigenvalue weighted by molar-refractivity contribution is 6.31. The highest BCUT2D eigenvalue weighted by Crippen LogP contribution is 2.29. The van der Waals surface area contributed by atoms with Crippen molar-refractivity contribution in [3.63, 3.8) is 0 Å². The quantitative estimate of drug-likeness (QED) is 0.884. The van der Waals surface area contributed by atoms with Crippen LogP contribution in [0.1, 0.15) is 12.5 Å². The largest absolute Gasteiger partial charge is 0.504 e. The maximum atomic E-state index is 12.6. The molecule has 3 rings (SSSR count). The number of rotatable bonds is 3. The molecule has 0 saturated heterocycles. The van der Waals surface area contributed by atoms with Crippen molar-refractivity contribution in [2.24, 2.45) is 5.10 Å². The summed E-state index contributed by atoms with van der Waals surface area (Å²) in [4.78, 5) is 16.7. The minimum absolute atomic E-state index is 0.0490. The first kappa shape index (κ1) is 14.8. The van der Waals surface area contributed by atoms with Crippen molar-refractivity contribution in [1.82, 2.24) is 4.98 Å². The van der Waals surface area contributed by atoms with E-state index in [1.807, 2.05) is 0 Å². The lowest BCUT2D eigenvalue weighted by atomic mass is 10.1. The lowest BCUT2D eigenvalue weighted by Gasteiger charge is -2.09. The number of hydrogen-bond acceptors (Lipinski definition) is 5. The molecule has 23 heavy (non-hydrogen) atoms. The summed E-state index contributed by atoms with van der Waals surface area (Å²) in [7, 11) is 1.47. The average Bonchev–Trinajstić information content (AvgIpc) is 2.85. The van der Waals surface area contributed by atoms with Crippen LogP contribution in [0.5, 0.6) is 11.5 Å². The second kappa shape index (κ2) is 5.92. The Morgan fingerprint density at radius 3 is 2.78 bits per heavy atom. The summed E-state index contributed by atoms with van der Waals surface area (Å²) in [5, 5.41) is 15.2. The van der Waals surface area contributed by atoms with Gasteiger partial charge in [-0.05, 0) is 42.8 Å². The van der Waals surface area contributed by atoms with E-state index in [2.05, 4.69) is 10.1 Å². The van der Waals surface area contributed by atoms with Crippen molar-refractivity contribution in [3.05, 3.63) is 53.7 Å². The number of phenolic OH excluding ortho intramolecular Hbond substituents is 1. The van der Waals surface area contributed by atoms with Gasteiger partial charge in [-0.1, -0.05) is 12.1 Å². The third-order valence-electron chi connectivity index (χ3n) is 3.44. The zero-order valence-corrected chi connectivity index (χ0v) is 12.7. The third kappa shape index (κ3) is 2.78. The molecule has 1 aliphatic rings. The molecule has 0 bridgehead atoms. The zero-order chi connectivity index (χ0) is 16.4. The molecule has 0 saturated carbocycles. The van der Waals surface area contributed by atoms with E-state index >= 15 is 0 Å². The molecule has 0 unspecified atom stereocenters. The van der Waals surface area contributed by atoms with Gasteiger partial charge in [-0.2, -0.15) is 10.1 Å². The fourth-order valence-electron chi connectivity index (χ4n) is 2.27. The Balaban J connectivity index is 1.95. The lowest BCUT2D eigenvalue weighted by molar-refractivity contribution is -0.114. The van der Waals surface area contributed by atoms with Crippen LogP contribution >= 0.6 is 0 Å². The Morgan fingerprint density at radius 2 is 2.09 bits per heavy atom. The molecule has 1 aromatic carbocycles. The normalized spacial score (nSPS) is 15.9. The number of hydrogen-bond donors (Lipinski definition) is 1. The van der Waals surface area contributed by atoms with Gasteiger partial charge in [-0.15, -0.1) is 0 Å². The van der Waals surface area contributed by atoms with Gasteiger partial charge in [0, 0.05) is 6.20 Å². The maximum absolute atomic E-state index is 12.6. The summed E-state index contributed by atoms with van der Waals surface area (Å²) in [6, 6.07) is 10.2. The van der Waals surface area contributed by atoms with Crippen molar-refractivity contribution >= 4 is 23.5 Å². The number of nitrogens with zero attached hydrogens (tertiary/aromatic N) is 3. The van der Waals surface area contributed by atoms with Gasteiger partial charge in [-0.3, -0.25) is 4.79 Å². The number of benzene rings is 1. The van der Waals surface area contributed by atoms with E-state index in [1.165, 1.54) is 18.2 Å². The fourth-order valence-corrected chi connectivity index (χ4v) is 2.27. The van der Waals surface area contributed by atoms with Crippen LogP contribution in [-0.2, 0) is 4.79 Å². The van der Waals surface area contributed by atoms with Gasteiger partial charge in [0.1, 0.15) is 0 Å². The molecule has 0 atom stereocenters. The molecule has 2 heterocycles. The number of methoxy groups -OCH3 is 1. The SMILES string of the molecule is COc1cc(/C=C2/C(=O)N(c3ccccn3)N=C2C)ccc1O. The Hall–Kier alpha value is -3.15. The Kier molecular flexibility index (Phi) is 3.80. The molecule has 1 N–H and O–H groups in total. The minimum atomic E-state index is -0.242. The van der Waals surface area contributed by atoms with Gasteiger partial charge in [-0.25, -0.2) is 4.98 Å². The molecular weight excluding hydrogens is 294 g/mol. The maximum Gasteiger partial charge on any atom is 0.282 e. The second-order valence-electron chi connectivity index (χ2n) is 4.98. The molecule has 1 aromatic heterocycles. The number of aromatic hydroxyl groups is 1. The second-order valence-corrected chi connectivity index (χ2v) is 4.98. The van der Waals surface area contributed by atoms with Crippen molar-refractivity contribution < 1.29 is 14.6 Å². The lowest BCUT2D eigenvalue weighted by Crippen LogP contribution is -2.22. The summed E-state index contributed by atoms with van der Waals surface area (Å²) in [6.45, 7) is 1.77. The van der Waals surface area contributed by atoms with Gasteiger partial charge in [0.15, 0.2) is 17.3 Å². The number of hydrazone groups is 1. The van der Waals surface area contributed by atoms with Crippen LogP contribution in [-0.4, -0.2) is 28.8 Å². The molecule has 0 spiro atoms. The standard InChI is InChI=1S/C17H15N3O3/c1-11-13(9-12-6-7-14(21)15(10-12)23-2)17(22)20(19-11)16-5-3-4-8-18-16/h3-10,21H,1-2H3/b13-9+. The predicted molar refractivity (Wildman–Crippen MR) is 87.5 cm³/mol. The van der Waals surface area contributed by atoms with Crippen LogP contribution in [0, 0.1) is 0 Å². The van der Waals surface area contributed by atoms with Crippen LogP contribution in [0.15, 0.2) is 53.3 Å². The van der Waals surface area contributed by atoms with Crippen LogP contribution < -0.4 is 9.75 Å². The number of ether oxygens (including phenoxy) is 1. The molecule has 116 valence electrons. The van der Waals surface area contributed by atoms with Crippen LogP contribution in [0.4, 0.5) is 5.82 Å². The predicted octanol–water partition coefficient (Wildman–Crippen LogP) is 2.60. The molecule has 2 aromatic rings. The molecular formula is C17H15N3O3. The highest BCUT2D eigenvalue weighted by Gasteiger charge is 2.29. The van der Waals surface area contributed by atoms with E-state index in [-0.39, 0.29) is 11.7 Å². The van der Waals surface area contributed by atoms with Crippen molar-refractivity contribution in [1.29, 1.82) is 0 Å². The number of carbonyl (C=O) groups excluding carboxylic acids is 1. The van der Waals surface area contributed by atoms with Crippen molar-refractivity contribution in [3.8, 4) is 11.5 Å². The first-order chi connectivity index (χ1) is 11.1. The smallest absolute Gasteiger partial charge is 0.282 e. The molecule has 1 aliphatic heterocycles. The highest BCUT2D eigenvalue weighted by atomic mass is 16.5. The number of amides is 1. The number of pyridine rings is 1. The molecule has 6 heteroatoms. The first-order valence-electron chi connectivity index (χ1n) is 7.00. The Labute approximate surface area is 133 Å². The van der Waals surface area contributed by atoms with Crippen LogP contribution in [0.3, 0.4) is 0 Å². The zero-order valence-electron chi connectivity index (χ0n) is 12.7. The first-order valence-corrected chi connectivity index (χ1v) is 7.00. The summed E-state index contributed by atoms with van der Waals surface area (Å²) >= 11 is 0. The van der Waals surface area contributed by atoms with E-state index < -0.39 is 0 Å². The molecule has 0 aliphatic carbocycles. The number of phenols is 1. The van der Waals surface area contributed by atoms with Gasteiger partial charge in [0.25, 0.3) is 5.91 Å². The molecule has 0 fully saturated rings. The Morgan fingerprint density at radius 1 is 1.26 bits per heavy atom. The summed E-state index contributed by atoms with van der Waals surface area (Å²) in [5.41, 5.74) is 1.82. The topological polar surface area (TPSA) is 75.0 Å². The molecule has 1 amide bonds. The number of carbonyl (C=O) groups is 1. The summed E-state index contributed by atoms with van der Waals surface area (Å²) in [5.74, 6) is 0.630. The number of anilines is 1. The summed E-state index contributed by atoms with van der Waals surface area (Å²) < 4.78 is 5.08. The van der Waals surface area contributed by atoms with Gasteiger partial charge in [0.05, 0.1) is 18.4 Å². The van der Waals surface area contributed by atoms with E-state index in [1.54, 1.807) is 49.5 Å². The van der Waals surface area contributed by atoms with Crippen molar-refractivity contribution in [2.75, 3.05) is 12.1 Å². The van der Waals surface area contributed by atoms with Gasteiger partial charge < -0.3 is 9.84 Å². The van der Waals surface area contributed by atoms with E-state index in [4.69, 9.17) is 4.74 Å². The average molecular weight is 309 g/mol. The van der Waals surface area contributed by atoms with Crippen LogP contribution in [0.2, 0.25) is 0 Å². The van der Waals surface area contributed by atoms with Crippen molar-refractivity contribution in [2.45, 2.75) is 6.92 Å². The monoisotopic (exact) mass is 309 g/mol. The van der Waals surface area contributed by atoms with Gasteiger partial charge in [0.2, 0.25) is 0 Å². The minimum Gasteiger partial charge on any atom is -0.504 e. The summed E-state index contributed by atoms with van der Waals surface area (Å²) in [6.07, 6.45) is 3.33. The molecule has 6 nitrogen and oxygen atoms in total. The van der Waals surface area contributed by atoms with E-state index in [0.717, 1.165) is 5.56 Å². The van der Waals surface area contributed by atoms with E-state index in [0.29, 0.717) is 22.9 Å². The number of aromatic nitrogens is 1. The Bertz CT molecular complexity index is 813. The van der Waals surface area contributed by atoms with Crippen LogP contribution in [0.25, 0.3) is 6.08 Å².